The highest BCUT2D eigenvalue weighted by Crippen LogP contribution is 2.20. The molecule has 5 heteroatoms. The second-order valence-corrected chi connectivity index (χ2v) is 5.72. The van der Waals surface area contributed by atoms with Gasteiger partial charge in [-0.2, -0.15) is 0 Å². The zero-order valence-corrected chi connectivity index (χ0v) is 13.5. The van der Waals surface area contributed by atoms with Crippen LogP contribution in [0.4, 0.5) is 5.69 Å². The Hall–Kier alpha value is -2.95. The molecule has 122 valence electrons. The standard InChI is InChI=1S/C19H18N2O3/c1-2-13-6-8-14(9-7-13)17-10-11-18(22)20-21(17)16-5-3-4-15(12-16)19(23)24/h3-9,12H,2,10-11H2,1H3,(H-,20,22,23,24)/p+1. The number of nitrogens with zero attached hydrogens (tertiary/aromatic N) is 1. The van der Waals surface area contributed by atoms with E-state index in [-0.39, 0.29) is 11.5 Å². The van der Waals surface area contributed by atoms with Crippen LogP contribution < -0.4 is 5.43 Å². The zero-order valence-electron chi connectivity index (χ0n) is 13.5. The number of hydrazone groups is 1. The van der Waals surface area contributed by atoms with E-state index >= 15 is 0 Å². The first-order valence-electron chi connectivity index (χ1n) is 7.96. The highest BCUT2D eigenvalue weighted by Gasteiger charge is 2.28. The lowest BCUT2D eigenvalue weighted by Crippen LogP contribution is -2.40. The highest BCUT2D eigenvalue weighted by molar-refractivity contribution is 6.01. The Morgan fingerprint density at radius 3 is 2.58 bits per heavy atom. The number of amides is 1. The monoisotopic (exact) mass is 323 g/mol. The van der Waals surface area contributed by atoms with Crippen molar-refractivity contribution >= 4 is 23.3 Å². The summed E-state index contributed by atoms with van der Waals surface area (Å²) in [7, 11) is 0. The van der Waals surface area contributed by atoms with Crippen molar-refractivity contribution in [3.8, 4) is 0 Å². The number of aromatic carboxylic acids is 1. The van der Waals surface area contributed by atoms with Crippen LogP contribution in [-0.4, -0.2) is 27.4 Å². The third kappa shape index (κ3) is 3.20. The molecule has 1 aliphatic heterocycles. The van der Waals surface area contributed by atoms with Gasteiger partial charge in [0.1, 0.15) is 0 Å². The fourth-order valence-corrected chi connectivity index (χ4v) is 2.80. The maximum absolute atomic E-state index is 11.9. The molecule has 0 saturated heterocycles. The third-order valence-corrected chi connectivity index (χ3v) is 4.14. The van der Waals surface area contributed by atoms with Crippen molar-refractivity contribution in [3.63, 3.8) is 0 Å². The van der Waals surface area contributed by atoms with E-state index in [2.05, 4.69) is 24.5 Å². The van der Waals surface area contributed by atoms with Gasteiger partial charge in [-0.1, -0.05) is 29.8 Å². The molecule has 0 fully saturated rings. The molecule has 0 saturated carbocycles. The molecule has 0 spiro atoms. The van der Waals surface area contributed by atoms with Gasteiger partial charge in [-0.3, -0.25) is 4.79 Å². The summed E-state index contributed by atoms with van der Waals surface area (Å²) in [4.78, 5) is 23.1. The molecule has 0 aromatic heterocycles. The summed E-state index contributed by atoms with van der Waals surface area (Å²) in [5, 5.41) is 9.19. The summed E-state index contributed by atoms with van der Waals surface area (Å²) >= 11 is 0. The summed E-state index contributed by atoms with van der Waals surface area (Å²) in [6.07, 6.45) is 1.99. The highest BCUT2D eigenvalue weighted by atomic mass is 16.4. The zero-order chi connectivity index (χ0) is 17.1. The van der Waals surface area contributed by atoms with Crippen molar-refractivity contribution in [1.29, 1.82) is 0 Å². The number of carboxylic acid groups (broad SMARTS) is 1. The molecule has 5 nitrogen and oxygen atoms in total. The van der Waals surface area contributed by atoms with Gasteiger partial charge >= 0.3 is 5.97 Å². The maximum Gasteiger partial charge on any atom is 0.335 e. The van der Waals surface area contributed by atoms with Gasteiger partial charge in [-0.05, 0) is 30.2 Å². The number of carboxylic acids is 1. The number of carbonyl (C=O) groups excluding carboxylic acids is 1. The van der Waals surface area contributed by atoms with Crippen LogP contribution in [0.25, 0.3) is 0 Å². The van der Waals surface area contributed by atoms with Gasteiger partial charge in [0, 0.05) is 30.5 Å². The van der Waals surface area contributed by atoms with E-state index in [1.165, 1.54) is 11.6 Å². The van der Waals surface area contributed by atoms with E-state index in [0.717, 1.165) is 17.7 Å². The van der Waals surface area contributed by atoms with Crippen LogP contribution in [0, 0.1) is 0 Å². The van der Waals surface area contributed by atoms with Crippen molar-refractivity contribution in [2.24, 2.45) is 0 Å². The number of nitrogens with one attached hydrogen (secondary N) is 1. The van der Waals surface area contributed by atoms with Crippen LogP contribution in [-0.2, 0) is 11.2 Å². The van der Waals surface area contributed by atoms with E-state index < -0.39 is 5.97 Å². The van der Waals surface area contributed by atoms with Gasteiger partial charge in [0.25, 0.3) is 5.91 Å². The molecule has 1 amide bonds. The molecule has 0 aliphatic carbocycles. The van der Waals surface area contributed by atoms with Crippen molar-refractivity contribution in [1.82, 2.24) is 5.43 Å². The lowest BCUT2D eigenvalue weighted by molar-refractivity contribution is -0.496. The SMILES string of the molecule is CCc1ccc(C2=[N+](c3cccc(C(=O)O)c3)NC(=O)CC2)cc1. The smallest absolute Gasteiger partial charge is 0.335 e. The number of benzene rings is 2. The Bertz CT molecular complexity index is 823. The van der Waals surface area contributed by atoms with Gasteiger partial charge in [0.15, 0.2) is 0 Å². The Kier molecular flexibility index (Phi) is 4.42. The maximum atomic E-state index is 11.9. The molecule has 0 atom stereocenters. The number of hydrogen-bond donors (Lipinski definition) is 2. The van der Waals surface area contributed by atoms with Gasteiger partial charge in [0.05, 0.1) is 5.56 Å². The van der Waals surface area contributed by atoms with Gasteiger partial charge in [0.2, 0.25) is 11.4 Å². The predicted octanol–water partition coefficient (Wildman–Crippen LogP) is 2.91. The first-order chi connectivity index (χ1) is 11.6. The quantitative estimate of drug-likeness (QED) is 0.850. The van der Waals surface area contributed by atoms with E-state index in [1.54, 1.807) is 22.9 Å². The lowest BCUT2D eigenvalue weighted by Gasteiger charge is -2.14. The molecule has 2 aromatic carbocycles. The molecule has 2 aromatic rings. The summed E-state index contributed by atoms with van der Waals surface area (Å²) in [5.74, 6) is -1.07. The lowest BCUT2D eigenvalue weighted by atomic mass is 10.0. The van der Waals surface area contributed by atoms with Crippen LogP contribution in [0.5, 0.6) is 0 Å². The minimum Gasteiger partial charge on any atom is -0.478 e. The fraction of sp³-hybridized carbons (Fsp3) is 0.211. The number of hydrazine groups is 1. The first kappa shape index (κ1) is 15.9. The van der Waals surface area contributed by atoms with Gasteiger partial charge in [-0.15, -0.1) is 5.43 Å². The topological polar surface area (TPSA) is 69.4 Å². The molecule has 0 radical (unpaired) electrons. The van der Waals surface area contributed by atoms with Crippen LogP contribution in [0.2, 0.25) is 0 Å². The Labute approximate surface area is 140 Å². The minimum atomic E-state index is -0.992. The number of hydrogen-bond acceptors (Lipinski definition) is 2. The predicted molar refractivity (Wildman–Crippen MR) is 90.6 cm³/mol. The summed E-state index contributed by atoms with van der Waals surface area (Å²) in [6, 6.07) is 14.8. The van der Waals surface area contributed by atoms with Crippen molar-refractivity contribution in [2.45, 2.75) is 26.2 Å². The second kappa shape index (κ2) is 6.66. The Morgan fingerprint density at radius 1 is 1.17 bits per heavy atom. The van der Waals surface area contributed by atoms with E-state index in [0.29, 0.717) is 18.5 Å². The summed E-state index contributed by atoms with van der Waals surface area (Å²) in [5.41, 5.74) is 6.89. The normalized spacial score (nSPS) is 14.5. The van der Waals surface area contributed by atoms with Gasteiger partial charge in [-0.25, -0.2) is 4.79 Å². The number of carbonyl (C=O) groups is 2. The summed E-state index contributed by atoms with van der Waals surface area (Å²) in [6.45, 7) is 2.10. The van der Waals surface area contributed by atoms with Crippen molar-refractivity contribution < 1.29 is 19.4 Å². The summed E-state index contributed by atoms with van der Waals surface area (Å²) < 4.78 is 1.69. The minimum absolute atomic E-state index is 0.0790. The Balaban J connectivity index is 2.10. The van der Waals surface area contributed by atoms with Crippen LogP contribution in [0.3, 0.4) is 0 Å². The van der Waals surface area contributed by atoms with Crippen molar-refractivity contribution in [2.75, 3.05) is 0 Å². The van der Waals surface area contributed by atoms with Crippen LogP contribution in [0.15, 0.2) is 48.5 Å². The van der Waals surface area contributed by atoms with E-state index in [4.69, 9.17) is 0 Å². The molecule has 3 rings (SSSR count). The molecule has 0 bridgehead atoms. The average Bonchev–Trinajstić information content (AvgIpc) is 2.62. The van der Waals surface area contributed by atoms with Crippen LogP contribution >= 0.6 is 0 Å². The second-order valence-electron chi connectivity index (χ2n) is 5.72. The average molecular weight is 323 g/mol. The van der Waals surface area contributed by atoms with E-state index in [1.807, 2.05) is 12.1 Å². The van der Waals surface area contributed by atoms with E-state index in [9.17, 15) is 14.7 Å². The van der Waals surface area contributed by atoms with Crippen molar-refractivity contribution in [3.05, 3.63) is 65.2 Å². The molecule has 1 aliphatic rings. The third-order valence-electron chi connectivity index (χ3n) is 4.14. The molecule has 1 heterocycles. The molecule has 0 unspecified atom stereocenters. The fourth-order valence-electron chi connectivity index (χ4n) is 2.80. The number of aryl methyl sites for hydroxylation is 1. The van der Waals surface area contributed by atoms with Gasteiger partial charge < -0.3 is 5.11 Å². The molecular formula is C19H19N2O3+. The largest absolute Gasteiger partial charge is 0.478 e. The first-order valence-corrected chi connectivity index (χ1v) is 7.96. The number of rotatable bonds is 4. The molecule has 2 N–H and O–H groups in total. The van der Waals surface area contributed by atoms with Crippen LogP contribution in [0.1, 0.15) is 41.3 Å². The Morgan fingerprint density at radius 2 is 1.92 bits per heavy atom. The molecule has 24 heavy (non-hydrogen) atoms. The molecular weight excluding hydrogens is 304 g/mol.